The third-order valence-corrected chi connectivity index (χ3v) is 7.07. The summed E-state index contributed by atoms with van der Waals surface area (Å²) in [6.45, 7) is 4.32. The first kappa shape index (κ1) is 26.5. The van der Waals surface area contributed by atoms with Crippen LogP contribution >= 0.6 is 0 Å². The Labute approximate surface area is 218 Å². The second kappa shape index (κ2) is 11.6. The van der Waals surface area contributed by atoms with Crippen LogP contribution < -0.4 is 14.8 Å². The lowest BCUT2D eigenvalue weighted by Crippen LogP contribution is -2.50. The molecule has 1 aromatic heterocycles. The predicted octanol–water partition coefficient (Wildman–Crippen LogP) is 4.04. The molecule has 9 nitrogen and oxygen atoms in total. The van der Waals surface area contributed by atoms with Crippen LogP contribution in [0.1, 0.15) is 49.0 Å². The molecule has 3 amide bonds. The fraction of sp³-hybridized carbons (Fsp3) is 0.464. The van der Waals surface area contributed by atoms with Gasteiger partial charge in [-0.2, -0.15) is 0 Å². The number of carbonyl (C=O) groups is 2. The number of ether oxygens (including phenoxy) is 2. The molecule has 2 aliphatic rings. The number of aliphatic hydroxyl groups is 1. The molecule has 3 atom stereocenters. The number of aliphatic hydroxyl groups excluding tert-OH is 1. The Morgan fingerprint density at radius 2 is 2.11 bits per heavy atom. The number of nitrogens with zero attached hydrogens (tertiary/aromatic N) is 3. The molecule has 0 bridgehead atoms. The molecule has 198 valence electrons. The van der Waals surface area contributed by atoms with Crippen molar-refractivity contribution in [3.8, 4) is 11.6 Å². The lowest BCUT2D eigenvalue weighted by molar-refractivity contribution is 0.0356. The first-order valence-corrected chi connectivity index (χ1v) is 12.7. The fourth-order valence-electron chi connectivity index (χ4n) is 4.67. The molecule has 0 fully saturated rings. The van der Waals surface area contributed by atoms with Gasteiger partial charge < -0.3 is 29.7 Å². The fourth-order valence-corrected chi connectivity index (χ4v) is 4.67. The van der Waals surface area contributed by atoms with Gasteiger partial charge in [-0.25, -0.2) is 9.78 Å². The Kier molecular flexibility index (Phi) is 8.33. The topological polar surface area (TPSA) is 104 Å². The third kappa shape index (κ3) is 6.05. The van der Waals surface area contributed by atoms with Gasteiger partial charge in [0.25, 0.3) is 5.91 Å². The van der Waals surface area contributed by atoms with Crippen molar-refractivity contribution in [3.63, 3.8) is 0 Å². The van der Waals surface area contributed by atoms with Crippen LogP contribution in [-0.2, 0) is 0 Å². The summed E-state index contributed by atoms with van der Waals surface area (Å²) in [4.78, 5) is 34.3. The van der Waals surface area contributed by atoms with Crippen molar-refractivity contribution in [1.82, 2.24) is 14.8 Å². The van der Waals surface area contributed by atoms with Crippen LogP contribution in [0.2, 0.25) is 0 Å². The number of amides is 3. The number of hydrogen-bond acceptors (Lipinski definition) is 6. The van der Waals surface area contributed by atoms with Crippen LogP contribution in [0.15, 0.2) is 42.6 Å². The van der Waals surface area contributed by atoms with Crippen LogP contribution in [0.25, 0.3) is 5.57 Å². The minimum atomic E-state index is -0.420. The van der Waals surface area contributed by atoms with Crippen LogP contribution in [0.5, 0.6) is 11.6 Å². The molecule has 0 spiro atoms. The smallest absolute Gasteiger partial charge is 0.321 e. The van der Waals surface area contributed by atoms with Gasteiger partial charge in [0.05, 0.1) is 26.3 Å². The molecule has 0 saturated carbocycles. The Bertz CT molecular complexity index is 1150. The van der Waals surface area contributed by atoms with Crippen LogP contribution in [0, 0.1) is 5.92 Å². The van der Waals surface area contributed by atoms with Gasteiger partial charge in [-0.05, 0) is 67.7 Å². The van der Waals surface area contributed by atoms with E-state index in [9.17, 15) is 14.7 Å². The summed E-state index contributed by atoms with van der Waals surface area (Å²) in [6.07, 6.45) is 6.60. The van der Waals surface area contributed by atoms with Crippen LogP contribution in [0.4, 0.5) is 10.5 Å². The number of nitrogens with one attached hydrogen (secondary N) is 1. The maximum atomic E-state index is 13.6. The van der Waals surface area contributed by atoms with E-state index in [1.807, 2.05) is 19.9 Å². The first-order chi connectivity index (χ1) is 17.8. The van der Waals surface area contributed by atoms with Crippen molar-refractivity contribution in [2.45, 2.75) is 45.3 Å². The highest BCUT2D eigenvalue weighted by Gasteiger charge is 2.35. The number of urea groups is 1. The number of benzene rings is 1. The molecule has 0 saturated heterocycles. The third-order valence-electron chi connectivity index (χ3n) is 7.07. The molecule has 2 N–H and O–H groups in total. The van der Waals surface area contributed by atoms with E-state index in [2.05, 4.69) is 16.4 Å². The summed E-state index contributed by atoms with van der Waals surface area (Å²) < 4.78 is 11.5. The Balaban J connectivity index is 1.57. The minimum Gasteiger partial charge on any atom is -0.497 e. The van der Waals surface area contributed by atoms with E-state index in [1.54, 1.807) is 54.4 Å². The number of carbonyl (C=O) groups excluding carboxylic acids is 2. The Morgan fingerprint density at radius 1 is 1.35 bits per heavy atom. The van der Waals surface area contributed by atoms with Crippen molar-refractivity contribution >= 4 is 23.2 Å². The standard InChI is InChI=1S/C28H36N4O5/c1-18-15-32(19(2)17-33)27(34)24-13-21(20-7-5-6-8-20)14-29-26(24)37-25(18)16-31(3)28(35)30-22-9-11-23(36-4)12-10-22/h7,9-14,18-19,25,33H,5-6,8,15-17H2,1-4H3,(H,30,35)/t18-,19-,25+/m1/s1. The molecule has 4 rings (SSSR count). The van der Waals surface area contributed by atoms with Crippen molar-refractivity contribution in [2.75, 3.05) is 39.2 Å². The maximum absolute atomic E-state index is 13.6. The molecule has 37 heavy (non-hydrogen) atoms. The number of pyridine rings is 1. The first-order valence-electron chi connectivity index (χ1n) is 12.7. The number of methoxy groups -OCH3 is 1. The van der Waals surface area contributed by atoms with Gasteiger partial charge in [0.15, 0.2) is 0 Å². The number of hydrogen-bond donors (Lipinski definition) is 2. The number of anilines is 1. The summed E-state index contributed by atoms with van der Waals surface area (Å²) in [5, 5.41) is 12.7. The molecule has 0 unspecified atom stereocenters. The van der Waals surface area contributed by atoms with Gasteiger partial charge in [0.1, 0.15) is 17.4 Å². The lowest BCUT2D eigenvalue weighted by atomic mass is 9.99. The number of allylic oxidation sites excluding steroid dienone is 2. The summed E-state index contributed by atoms with van der Waals surface area (Å²) in [7, 11) is 3.30. The molecular weight excluding hydrogens is 472 g/mol. The van der Waals surface area contributed by atoms with Gasteiger partial charge in [0.2, 0.25) is 5.88 Å². The monoisotopic (exact) mass is 508 g/mol. The van der Waals surface area contributed by atoms with E-state index in [1.165, 1.54) is 5.57 Å². The lowest BCUT2D eigenvalue weighted by Gasteiger charge is -2.37. The number of aromatic nitrogens is 1. The molecule has 9 heteroatoms. The number of rotatable bonds is 7. The van der Waals surface area contributed by atoms with E-state index in [-0.39, 0.29) is 42.9 Å². The van der Waals surface area contributed by atoms with Gasteiger partial charge in [-0.15, -0.1) is 0 Å². The second-order valence-corrected chi connectivity index (χ2v) is 9.86. The molecule has 2 aromatic rings. The number of fused-ring (bicyclic) bond motifs is 1. The zero-order valence-corrected chi connectivity index (χ0v) is 21.9. The molecule has 2 heterocycles. The molecular formula is C28H36N4O5. The molecule has 1 aromatic carbocycles. The van der Waals surface area contributed by atoms with Gasteiger partial charge in [0, 0.05) is 31.4 Å². The summed E-state index contributed by atoms with van der Waals surface area (Å²) >= 11 is 0. The molecule has 1 aliphatic carbocycles. The van der Waals surface area contributed by atoms with E-state index < -0.39 is 6.10 Å². The largest absolute Gasteiger partial charge is 0.497 e. The second-order valence-electron chi connectivity index (χ2n) is 9.86. The van der Waals surface area contributed by atoms with E-state index in [0.29, 0.717) is 23.5 Å². The van der Waals surface area contributed by atoms with Crippen LogP contribution in [-0.4, -0.2) is 77.8 Å². The van der Waals surface area contributed by atoms with Crippen molar-refractivity contribution in [2.24, 2.45) is 5.92 Å². The summed E-state index contributed by atoms with van der Waals surface area (Å²) in [6, 6.07) is 8.31. The van der Waals surface area contributed by atoms with Crippen molar-refractivity contribution in [1.29, 1.82) is 0 Å². The molecule has 0 radical (unpaired) electrons. The number of likely N-dealkylation sites (N-methyl/N-ethyl adjacent to an activating group) is 1. The Morgan fingerprint density at radius 3 is 2.76 bits per heavy atom. The zero-order chi connectivity index (χ0) is 26.5. The average Bonchev–Trinajstić information content (AvgIpc) is 3.45. The van der Waals surface area contributed by atoms with Crippen molar-refractivity contribution < 1.29 is 24.2 Å². The normalized spacial score (nSPS) is 20.2. The highest BCUT2D eigenvalue weighted by atomic mass is 16.5. The van der Waals surface area contributed by atoms with Crippen LogP contribution in [0.3, 0.4) is 0 Å². The minimum absolute atomic E-state index is 0.124. The highest BCUT2D eigenvalue weighted by molar-refractivity contribution is 5.97. The average molecular weight is 509 g/mol. The summed E-state index contributed by atoms with van der Waals surface area (Å²) in [5.41, 5.74) is 3.14. The van der Waals surface area contributed by atoms with Gasteiger partial charge >= 0.3 is 6.03 Å². The SMILES string of the molecule is COc1ccc(NC(=O)N(C)C[C@@H]2Oc3ncc(C4=CCCC4)cc3C(=O)N([C@H](C)CO)C[C@H]2C)cc1. The van der Waals surface area contributed by atoms with E-state index in [0.717, 1.165) is 24.8 Å². The van der Waals surface area contributed by atoms with Gasteiger partial charge in [-0.3, -0.25) is 4.79 Å². The zero-order valence-electron chi connectivity index (χ0n) is 21.9. The Hall–Kier alpha value is -3.59. The quantitative estimate of drug-likeness (QED) is 0.585. The van der Waals surface area contributed by atoms with Gasteiger partial charge in [-0.1, -0.05) is 13.0 Å². The van der Waals surface area contributed by atoms with Crippen molar-refractivity contribution in [3.05, 3.63) is 53.7 Å². The maximum Gasteiger partial charge on any atom is 0.321 e. The van der Waals surface area contributed by atoms with E-state index in [4.69, 9.17) is 9.47 Å². The van der Waals surface area contributed by atoms with E-state index >= 15 is 0 Å². The predicted molar refractivity (Wildman–Crippen MR) is 142 cm³/mol. The molecule has 1 aliphatic heterocycles. The highest BCUT2D eigenvalue weighted by Crippen LogP contribution is 2.32. The summed E-state index contributed by atoms with van der Waals surface area (Å²) in [5.74, 6) is 0.627.